The third kappa shape index (κ3) is 3.74. The third-order valence-corrected chi connectivity index (χ3v) is 4.69. The Labute approximate surface area is 127 Å². The molecule has 1 aromatic rings. The van der Waals surface area contributed by atoms with E-state index in [2.05, 4.69) is 36.2 Å². The molecular weight excluding hydrogens is 262 g/mol. The zero-order valence-electron chi connectivity index (χ0n) is 13.4. The summed E-state index contributed by atoms with van der Waals surface area (Å²) in [6.45, 7) is 7.35. The summed E-state index contributed by atoms with van der Waals surface area (Å²) in [5.74, 6) is 1.74. The maximum atomic E-state index is 5.62. The van der Waals surface area contributed by atoms with Crippen molar-refractivity contribution in [2.24, 2.45) is 5.92 Å². The van der Waals surface area contributed by atoms with Gasteiger partial charge in [-0.3, -0.25) is 0 Å². The molecular formula is C17H27N3O. The second kappa shape index (κ2) is 6.32. The van der Waals surface area contributed by atoms with Crippen LogP contribution in [-0.4, -0.2) is 37.3 Å². The van der Waals surface area contributed by atoms with Gasteiger partial charge in [0, 0.05) is 38.5 Å². The molecule has 1 aromatic heterocycles. The zero-order chi connectivity index (χ0) is 14.8. The Morgan fingerprint density at radius 3 is 2.86 bits per heavy atom. The van der Waals surface area contributed by atoms with Gasteiger partial charge >= 0.3 is 0 Å². The highest BCUT2D eigenvalue weighted by Gasteiger charge is 2.27. The first-order valence-corrected chi connectivity index (χ1v) is 8.14. The summed E-state index contributed by atoms with van der Waals surface area (Å²) in [5, 5.41) is 3.59. The lowest BCUT2D eigenvalue weighted by Gasteiger charge is -2.37. The van der Waals surface area contributed by atoms with E-state index in [1.54, 1.807) is 0 Å². The van der Waals surface area contributed by atoms with Crippen molar-refractivity contribution in [2.45, 2.75) is 51.8 Å². The number of methoxy groups -OCH3 is 1. The lowest BCUT2D eigenvalue weighted by Crippen LogP contribution is -2.44. The van der Waals surface area contributed by atoms with E-state index in [0.29, 0.717) is 12.0 Å². The number of nitrogens with one attached hydrogen (secondary N) is 1. The van der Waals surface area contributed by atoms with Crippen LogP contribution in [0.2, 0.25) is 0 Å². The van der Waals surface area contributed by atoms with Gasteiger partial charge in [0.15, 0.2) is 0 Å². The molecule has 0 bridgehead atoms. The fourth-order valence-electron chi connectivity index (χ4n) is 3.08. The van der Waals surface area contributed by atoms with Crippen LogP contribution < -0.4 is 10.2 Å². The Bertz CT molecular complexity index is 487. The normalized spacial score (nSPS) is 26.1. The Balaban J connectivity index is 1.71. The molecule has 0 spiro atoms. The van der Waals surface area contributed by atoms with Crippen LogP contribution in [0.4, 0.5) is 5.82 Å². The van der Waals surface area contributed by atoms with Gasteiger partial charge in [-0.1, -0.05) is 6.92 Å². The number of aromatic nitrogens is 1. The van der Waals surface area contributed by atoms with Gasteiger partial charge in [0.2, 0.25) is 0 Å². The van der Waals surface area contributed by atoms with E-state index in [4.69, 9.17) is 9.72 Å². The van der Waals surface area contributed by atoms with Crippen LogP contribution >= 0.6 is 0 Å². The van der Waals surface area contributed by atoms with Crippen molar-refractivity contribution in [2.75, 3.05) is 25.1 Å². The van der Waals surface area contributed by atoms with Crippen LogP contribution in [0.3, 0.4) is 0 Å². The van der Waals surface area contributed by atoms with E-state index < -0.39 is 0 Å². The highest BCUT2D eigenvalue weighted by molar-refractivity contribution is 5.43. The lowest BCUT2D eigenvalue weighted by molar-refractivity contribution is 0.0496. The van der Waals surface area contributed by atoms with Gasteiger partial charge in [-0.15, -0.1) is 0 Å². The average Bonchev–Trinajstić information content (AvgIpc) is 3.29. The predicted molar refractivity (Wildman–Crippen MR) is 85.6 cm³/mol. The first-order valence-electron chi connectivity index (χ1n) is 8.14. The number of hydrogen-bond donors (Lipinski definition) is 1. The molecule has 1 saturated heterocycles. The van der Waals surface area contributed by atoms with Crippen LogP contribution in [0, 0.1) is 12.8 Å². The van der Waals surface area contributed by atoms with Crippen molar-refractivity contribution in [1.29, 1.82) is 0 Å². The maximum Gasteiger partial charge on any atom is 0.129 e. The fourth-order valence-corrected chi connectivity index (χ4v) is 3.08. The van der Waals surface area contributed by atoms with E-state index in [1.807, 2.05) is 7.11 Å². The second-order valence-electron chi connectivity index (χ2n) is 6.62. The molecule has 1 N–H and O–H groups in total. The minimum absolute atomic E-state index is 0.314. The molecule has 1 saturated carbocycles. The quantitative estimate of drug-likeness (QED) is 0.904. The molecule has 0 amide bonds. The minimum atomic E-state index is 0.314. The number of piperidine rings is 1. The van der Waals surface area contributed by atoms with Crippen LogP contribution in [0.5, 0.6) is 0 Å². The summed E-state index contributed by atoms with van der Waals surface area (Å²) < 4.78 is 5.62. The van der Waals surface area contributed by atoms with Gasteiger partial charge in [0.1, 0.15) is 5.82 Å². The second-order valence-corrected chi connectivity index (χ2v) is 6.62. The summed E-state index contributed by atoms with van der Waals surface area (Å²) in [6.07, 6.45) is 4.14. The molecule has 2 aliphatic rings. The van der Waals surface area contributed by atoms with Crippen LogP contribution in [-0.2, 0) is 11.3 Å². The van der Waals surface area contributed by atoms with Gasteiger partial charge in [-0.25, -0.2) is 4.98 Å². The molecule has 116 valence electrons. The molecule has 1 aliphatic heterocycles. The Morgan fingerprint density at radius 1 is 1.33 bits per heavy atom. The number of hydrogen-bond acceptors (Lipinski definition) is 4. The van der Waals surface area contributed by atoms with E-state index in [1.165, 1.54) is 24.8 Å². The largest absolute Gasteiger partial charge is 0.379 e. The van der Waals surface area contributed by atoms with Crippen LogP contribution in [0.25, 0.3) is 0 Å². The molecule has 2 atom stereocenters. The molecule has 4 nitrogen and oxygen atoms in total. The molecule has 0 aromatic carbocycles. The van der Waals surface area contributed by atoms with Crippen molar-refractivity contribution >= 4 is 5.82 Å². The SMILES string of the molecule is COC1CN(c2cc(CNC3CC3)cc(C)n2)CCC1C. The van der Waals surface area contributed by atoms with Gasteiger partial charge in [-0.2, -0.15) is 0 Å². The van der Waals surface area contributed by atoms with Crippen molar-refractivity contribution in [3.63, 3.8) is 0 Å². The monoisotopic (exact) mass is 289 g/mol. The first kappa shape index (κ1) is 14.8. The molecule has 3 rings (SSSR count). The molecule has 2 heterocycles. The lowest BCUT2D eigenvalue weighted by atomic mass is 9.96. The summed E-state index contributed by atoms with van der Waals surface area (Å²) in [6, 6.07) is 5.18. The van der Waals surface area contributed by atoms with Gasteiger partial charge < -0.3 is 15.0 Å². The minimum Gasteiger partial charge on any atom is -0.379 e. The van der Waals surface area contributed by atoms with Crippen LogP contribution in [0.1, 0.15) is 37.4 Å². The number of pyridine rings is 1. The van der Waals surface area contributed by atoms with Gasteiger partial charge in [0.05, 0.1) is 6.10 Å². The summed E-state index contributed by atoms with van der Waals surface area (Å²) >= 11 is 0. The van der Waals surface area contributed by atoms with E-state index >= 15 is 0 Å². The van der Waals surface area contributed by atoms with Crippen molar-refractivity contribution in [1.82, 2.24) is 10.3 Å². The molecule has 4 heteroatoms. The van der Waals surface area contributed by atoms with Crippen molar-refractivity contribution in [3.05, 3.63) is 23.4 Å². The molecule has 0 radical (unpaired) electrons. The summed E-state index contributed by atoms with van der Waals surface area (Å²) in [4.78, 5) is 7.11. The summed E-state index contributed by atoms with van der Waals surface area (Å²) in [7, 11) is 1.82. The zero-order valence-corrected chi connectivity index (χ0v) is 13.4. The number of anilines is 1. The highest BCUT2D eigenvalue weighted by atomic mass is 16.5. The van der Waals surface area contributed by atoms with E-state index in [-0.39, 0.29) is 0 Å². The Kier molecular flexibility index (Phi) is 4.45. The number of ether oxygens (including phenoxy) is 1. The molecule has 1 aliphatic carbocycles. The first-order chi connectivity index (χ1) is 10.2. The molecule has 21 heavy (non-hydrogen) atoms. The highest BCUT2D eigenvalue weighted by Crippen LogP contribution is 2.25. The molecule has 2 unspecified atom stereocenters. The topological polar surface area (TPSA) is 37.4 Å². The smallest absolute Gasteiger partial charge is 0.129 e. The third-order valence-electron chi connectivity index (χ3n) is 4.69. The van der Waals surface area contributed by atoms with Gasteiger partial charge in [0.25, 0.3) is 0 Å². The fraction of sp³-hybridized carbons (Fsp3) is 0.706. The number of rotatable bonds is 5. The number of aryl methyl sites for hydroxylation is 1. The predicted octanol–water partition coefficient (Wildman–Crippen LogP) is 2.50. The number of nitrogens with zero attached hydrogens (tertiary/aromatic N) is 2. The van der Waals surface area contributed by atoms with Crippen LogP contribution in [0.15, 0.2) is 12.1 Å². The van der Waals surface area contributed by atoms with E-state index in [9.17, 15) is 0 Å². The average molecular weight is 289 g/mol. The van der Waals surface area contributed by atoms with E-state index in [0.717, 1.165) is 37.2 Å². The maximum absolute atomic E-state index is 5.62. The van der Waals surface area contributed by atoms with Crippen molar-refractivity contribution in [3.8, 4) is 0 Å². The Hall–Kier alpha value is -1.13. The standard InChI is InChI=1S/C17H27N3O/c1-12-6-7-20(11-16(12)21-3)17-9-14(8-13(2)19-17)10-18-15-4-5-15/h8-9,12,15-16,18H,4-7,10-11H2,1-3H3. The van der Waals surface area contributed by atoms with Gasteiger partial charge in [-0.05, 0) is 49.8 Å². The summed E-state index contributed by atoms with van der Waals surface area (Å²) in [5.41, 5.74) is 2.45. The Morgan fingerprint density at radius 2 is 2.14 bits per heavy atom. The molecule has 2 fully saturated rings. The van der Waals surface area contributed by atoms with Crippen molar-refractivity contribution < 1.29 is 4.74 Å².